The van der Waals surface area contributed by atoms with Crippen molar-refractivity contribution in [2.45, 2.75) is 37.8 Å². The summed E-state index contributed by atoms with van der Waals surface area (Å²) in [6.07, 6.45) is 3.53. The van der Waals surface area contributed by atoms with E-state index < -0.39 is 0 Å². The Morgan fingerprint density at radius 1 is 1.60 bits per heavy atom. The van der Waals surface area contributed by atoms with Gasteiger partial charge < -0.3 is 10.1 Å². The molecule has 2 saturated heterocycles. The lowest BCUT2D eigenvalue weighted by Gasteiger charge is -2.40. The summed E-state index contributed by atoms with van der Waals surface area (Å²) in [6, 6.07) is 2.60. The maximum absolute atomic E-state index is 6.15. The molecule has 0 bridgehead atoms. The van der Waals surface area contributed by atoms with E-state index in [1.807, 2.05) is 23.5 Å². The molecule has 3 rings (SSSR count). The third kappa shape index (κ3) is 2.63. The predicted molar refractivity (Wildman–Crippen MR) is 83.1 cm³/mol. The summed E-state index contributed by atoms with van der Waals surface area (Å²) in [4.78, 5) is 0. The minimum absolute atomic E-state index is 0.149. The molecule has 3 unspecified atom stereocenters. The second kappa shape index (κ2) is 5.70. The maximum atomic E-state index is 6.15. The molecule has 2 aliphatic heterocycles. The Morgan fingerprint density at radius 2 is 2.45 bits per heavy atom. The zero-order valence-corrected chi connectivity index (χ0v) is 13.5. The van der Waals surface area contributed by atoms with Crippen LogP contribution in [0.5, 0.6) is 0 Å². The zero-order chi connectivity index (χ0) is 14.2. The molecule has 5 heteroatoms. The summed E-state index contributed by atoms with van der Waals surface area (Å²) in [7, 11) is 4.12. The third-order valence-corrected chi connectivity index (χ3v) is 5.96. The van der Waals surface area contributed by atoms with Crippen LogP contribution in [0.4, 0.5) is 0 Å². The molecule has 0 saturated carbocycles. The molecule has 0 aromatic carbocycles. The van der Waals surface area contributed by atoms with E-state index in [1.54, 1.807) is 0 Å². The highest BCUT2D eigenvalue weighted by Gasteiger charge is 2.42. The number of nitrogens with one attached hydrogen (secondary N) is 1. The smallest absolute Gasteiger partial charge is 0.0783 e. The van der Waals surface area contributed by atoms with E-state index >= 15 is 0 Å². The van der Waals surface area contributed by atoms with E-state index in [1.165, 1.54) is 30.0 Å². The van der Waals surface area contributed by atoms with Crippen molar-refractivity contribution in [1.29, 1.82) is 0 Å². The summed E-state index contributed by atoms with van der Waals surface area (Å²) < 4.78 is 8.18. The average Bonchev–Trinajstić information content (AvgIpc) is 2.99. The van der Waals surface area contributed by atoms with Gasteiger partial charge in [-0.05, 0) is 51.0 Å². The quantitative estimate of drug-likeness (QED) is 0.929. The predicted octanol–water partition coefficient (Wildman–Crippen LogP) is 2.29. The second-order valence-corrected chi connectivity index (χ2v) is 7.29. The van der Waals surface area contributed by atoms with Crippen molar-refractivity contribution < 1.29 is 4.74 Å². The molecule has 0 radical (unpaired) electrons. The highest BCUT2D eigenvalue weighted by Crippen LogP contribution is 2.43. The first-order chi connectivity index (χ1) is 9.63. The molecule has 0 amide bonds. The van der Waals surface area contributed by atoms with Crippen molar-refractivity contribution in [3.8, 4) is 0 Å². The minimum atomic E-state index is 0.149. The largest absolute Gasteiger partial charge is 0.374 e. The molecule has 1 aromatic rings. The van der Waals surface area contributed by atoms with E-state index in [-0.39, 0.29) is 5.60 Å². The summed E-state index contributed by atoms with van der Waals surface area (Å²) in [5, 5.41) is 8.03. The van der Waals surface area contributed by atoms with Crippen molar-refractivity contribution >= 4 is 11.8 Å². The molecule has 2 aliphatic rings. The summed E-state index contributed by atoms with van der Waals surface area (Å²) >= 11 is 2.04. The number of thioether (sulfide) groups is 1. The summed E-state index contributed by atoms with van der Waals surface area (Å²) in [5.74, 6) is 3.06. The SMILES string of the molecule is CNC(c1cc(C)nn1C)C1CCOC2(CCSC2)C1. The van der Waals surface area contributed by atoms with Gasteiger partial charge in [-0.15, -0.1) is 0 Å². The molecular formula is C15H25N3OS. The fourth-order valence-electron chi connectivity index (χ4n) is 3.76. The van der Waals surface area contributed by atoms with Crippen LogP contribution < -0.4 is 5.32 Å². The van der Waals surface area contributed by atoms with Crippen molar-refractivity contribution in [2.24, 2.45) is 13.0 Å². The van der Waals surface area contributed by atoms with Crippen molar-refractivity contribution in [1.82, 2.24) is 15.1 Å². The number of ether oxygens (including phenoxy) is 1. The molecule has 3 atom stereocenters. The van der Waals surface area contributed by atoms with Crippen LogP contribution in [-0.2, 0) is 11.8 Å². The van der Waals surface area contributed by atoms with Crippen molar-refractivity contribution in [3.05, 3.63) is 17.5 Å². The Balaban J connectivity index is 1.80. The lowest BCUT2D eigenvalue weighted by atomic mass is 9.80. The first kappa shape index (κ1) is 14.4. The second-order valence-electron chi connectivity index (χ2n) is 6.19. The number of aryl methyl sites for hydroxylation is 2. The average molecular weight is 295 g/mol. The van der Waals surface area contributed by atoms with Crippen LogP contribution in [0.25, 0.3) is 0 Å². The number of aromatic nitrogens is 2. The van der Waals surface area contributed by atoms with Crippen molar-refractivity contribution in [3.63, 3.8) is 0 Å². The van der Waals surface area contributed by atoms with E-state index in [2.05, 4.69) is 30.5 Å². The van der Waals surface area contributed by atoms with Crippen LogP contribution in [-0.4, -0.2) is 40.5 Å². The number of rotatable bonds is 3. The van der Waals surface area contributed by atoms with Gasteiger partial charge in [0.05, 0.1) is 23.0 Å². The van der Waals surface area contributed by atoms with Crippen LogP contribution in [0.1, 0.15) is 36.7 Å². The first-order valence-corrected chi connectivity index (χ1v) is 8.68. The normalized spacial score (nSPS) is 31.9. The Morgan fingerprint density at radius 3 is 3.05 bits per heavy atom. The lowest BCUT2D eigenvalue weighted by Crippen LogP contribution is -2.43. The van der Waals surface area contributed by atoms with Crippen LogP contribution in [0, 0.1) is 12.8 Å². The Bertz CT molecular complexity index is 468. The maximum Gasteiger partial charge on any atom is 0.0783 e. The standard InChI is InChI=1S/C15H25N3OS/c1-11-8-13(18(3)17-11)14(16-2)12-4-6-19-15(9-12)5-7-20-10-15/h8,12,14,16H,4-7,9-10H2,1-3H3. The van der Waals surface area contributed by atoms with E-state index in [4.69, 9.17) is 4.74 Å². The summed E-state index contributed by atoms with van der Waals surface area (Å²) in [6.45, 7) is 2.97. The summed E-state index contributed by atoms with van der Waals surface area (Å²) in [5.41, 5.74) is 2.55. The fraction of sp³-hybridized carbons (Fsp3) is 0.800. The molecule has 1 spiro atoms. The van der Waals surface area contributed by atoms with Gasteiger partial charge >= 0.3 is 0 Å². The molecule has 1 aromatic heterocycles. The zero-order valence-electron chi connectivity index (χ0n) is 12.7. The molecule has 0 aliphatic carbocycles. The highest BCUT2D eigenvalue weighted by atomic mass is 32.2. The third-order valence-electron chi connectivity index (χ3n) is 4.74. The van der Waals surface area contributed by atoms with E-state index in [9.17, 15) is 0 Å². The van der Waals surface area contributed by atoms with Gasteiger partial charge in [-0.3, -0.25) is 4.68 Å². The van der Waals surface area contributed by atoms with Gasteiger partial charge in [-0.1, -0.05) is 0 Å². The number of hydrogen-bond acceptors (Lipinski definition) is 4. The van der Waals surface area contributed by atoms with Crippen LogP contribution in [0.2, 0.25) is 0 Å². The molecule has 20 heavy (non-hydrogen) atoms. The van der Waals surface area contributed by atoms with E-state index in [0.717, 1.165) is 18.7 Å². The van der Waals surface area contributed by atoms with Gasteiger partial charge in [0.25, 0.3) is 0 Å². The van der Waals surface area contributed by atoms with Crippen LogP contribution in [0.3, 0.4) is 0 Å². The first-order valence-electron chi connectivity index (χ1n) is 7.53. The monoisotopic (exact) mass is 295 g/mol. The van der Waals surface area contributed by atoms with Gasteiger partial charge in [-0.2, -0.15) is 16.9 Å². The van der Waals surface area contributed by atoms with Crippen molar-refractivity contribution in [2.75, 3.05) is 25.2 Å². The topological polar surface area (TPSA) is 39.1 Å². The molecule has 112 valence electrons. The van der Waals surface area contributed by atoms with Crippen LogP contribution in [0.15, 0.2) is 6.07 Å². The molecule has 4 nitrogen and oxygen atoms in total. The van der Waals surface area contributed by atoms with Gasteiger partial charge in [0.1, 0.15) is 0 Å². The van der Waals surface area contributed by atoms with Gasteiger partial charge in [0.2, 0.25) is 0 Å². The highest BCUT2D eigenvalue weighted by molar-refractivity contribution is 7.99. The van der Waals surface area contributed by atoms with Crippen LogP contribution >= 0.6 is 11.8 Å². The Kier molecular flexibility index (Phi) is 4.11. The van der Waals surface area contributed by atoms with E-state index in [0.29, 0.717) is 12.0 Å². The Hall–Kier alpha value is -0.520. The van der Waals surface area contributed by atoms with Gasteiger partial charge in [-0.25, -0.2) is 0 Å². The van der Waals surface area contributed by atoms with Gasteiger partial charge in [0.15, 0.2) is 0 Å². The fourth-order valence-corrected chi connectivity index (χ4v) is 5.14. The molecule has 3 heterocycles. The molecular weight excluding hydrogens is 270 g/mol. The Labute approximate surface area is 125 Å². The molecule has 1 N–H and O–H groups in total. The number of hydrogen-bond donors (Lipinski definition) is 1. The minimum Gasteiger partial charge on any atom is -0.374 e. The number of nitrogens with zero attached hydrogens (tertiary/aromatic N) is 2. The lowest BCUT2D eigenvalue weighted by molar-refractivity contribution is -0.0854. The molecule has 2 fully saturated rings. The van der Waals surface area contributed by atoms with Gasteiger partial charge in [0, 0.05) is 19.4 Å².